The molecule has 0 saturated carbocycles. The lowest BCUT2D eigenvalue weighted by Gasteiger charge is -2.23. The Morgan fingerprint density at radius 3 is 2.16 bits per heavy atom. The van der Waals surface area contributed by atoms with Crippen LogP contribution in [0.4, 0.5) is 22.9 Å². The largest absolute Gasteiger partial charge is 0.505 e. The zero-order chi connectivity index (χ0) is 42.3. The maximum Gasteiger partial charge on any atom is 0.357 e. The molecule has 0 spiro atoms. The number of hydrogen-bond acceptors (Lipinski definition) is 14. The average molecular weight is 856 g/mol. The highest BCUT2D eigenvalue weighted by molar-refractivity contribution is 7.94. The predicted octanol–water partition coefficient (Wildman–Crippen LogP) is 11.5. The van der Waals surface area contributed by atoms with Gasteiger partial charge in [0.25, 0.3) is 10.1 Å². The van der Waals surface area contributed by atoms with Crippen LogP contribution in [-0.2, 0) is 37.3 Å². The van der Waals surface area contributed by atoms with Gasteiger partial charge >= 0.3 is 11.4 Å². The van der Waals surface area contributed by atoms with Crippen molar-refractivity contribution in [3.63, 3.8) is 0 Å². The first kappa shape index (κ1) is 49.1. The van der Waals surface area contributed by atoms with E-state index in [0.717, 1.165) is 11.6 Å². The second-order valence-electron chi connectivity index (χ2n) is 10.9. The van der Waals surface area contributed by atoms with E-state index in [4.69, 9.17) is 9.44 Å². The Kier molecular flexibility index (Phi) is 19.8. The molecule has 1 heterocycles. The number of aromatic nitrogens is 2. The zero-order valence-corrected chi connectivity index (χ0v) is 35.0. The molecule has 1 aromatic heterocycles. The topological polar surface area (TPSA) is 214 Å². The van der Waals surface area contributed by atoms with Gasteiger partial charge in [-0.2, -0.15) is 12.6 Å². The van der Waals surface area contributed by atoms with Crippen LogP contribution in [0.1, 0.15) is 66.1 Å². The number of phenols is 1. The second kappa shape index (κ2) is 23.4. The van der Waals surface area contributed by atoms with Gasteiger partial charge in [0.15, 0.2) is 11.5 Å². The SMILES string of the molecule is C.CC.CC.CC.Cc1nc(Cc2ccccc2)cc(N(C)c2cc(S(=O)(=O)O)cc3cc(SOOO)c(N=Nc4ccc5ccccc5c4OS(=O)O)c(O)c23)n1. The Labute approximate surface area is 346 Å². The van der Waals surface area contributed by atoms with Crippen LogP contribution in [0.2, 0.25) is 0 Å². The van der Waals surface area contributed by atoms with Crippen LogP contribution in [0.25, 0.3) is 21.5 Å². The minimum absolute atomic E-state index is 0. The molecule has 0 fully saturated rings. The second-order valence-corrected chi connectivity index (χ2v) is 13.7. The highest BCUT2D eigenvalue weighted by Gasteiger charge is 2.24. The summed E-state index contributed by atoms with van der Waals surface area (Å²) >= 11 is -2.31. The van der Waals surface area contributed by atoms with Crippen molar-refractivity contribution in [1.29, 1.82) is 0 Å². The molecular formula is C40H49N5O10S3. The highest BCUT2D eigenvalue weighted by atomic mass is 32.2. The third-order valence-electron chi connectivity index (χ3n) is 7.64. The van der Waals surface area contributed by atoms with Crippen molar-refractivity contribution in [1.82, 2.24) is 9.97 Å². The molecule has 18 heteroatoms. The smallest absolute Gasteiger partial charge is 0.357 e. The first-order chi connectivity index (χ1) is 27.4. The van der Waals surface area contributed by atoms with Crippen LogP contribution in [0, 0.1) is 6.92 Å². The van der Waals surface area contributed by atoms with Gasteiger partial charge in [-0.1, -0.05) is 115 Å². The fourth-order valence-corrected chi connectivity index (χ4v) is 6.79. The third kappa shape index (κ3) is 12.2. The number of anilines is 2. The van der Waals surface area contributed by atoms with E-state index in [-0.39, 0.29) is 45.9 Å². The van der Waals surface area contributed by atoms with Crippen LogP contribution >= 0.6 is 12.0 Å². The normalized spacial score (nSPS) is 11.3. The van der Waals surface area contributed by atoms with Crippen molar-refractivity contribution in [2.24, 2.45) is 10.2 Å². The van der Waals surface area contributed by atoms with Crippen molar-refractivity contribution >= 4 is 77.9 Å². The maximum atomic E-state index is 12.5. The average Bonchev–Trinajstić information content (AvgIpc) is 3.21. The molecule has 0 bridgehead atoms. The van der Waals surface area contributed by atoms with Gasteiger partial charge in [-0.25, -0.2) is 15.2 Å². The van der Waals surface area contributed by atoms with Gasteiger partial charge < -0.3 is 14.2 Å². The predicted molar refractivity (Wildman–Crippen MR) is 230 cm³/mol. The van der Waals surface area contributed by atoms with E-state index in [2.05, 4.69) is 29.6 Å². The summed E-state index contributed by atoms with van der Waals surface area (Å²) in [6, 6.07) is 25.1. The molecule has 4 N–H and O–H groups in total. The molecule has 5 aromatic carbocycles. The number of aryl methyl sites for hydroxylation is 1. The Bertz CT molecular complexity index is 2440. The molecule has 15 nitrogen and oxygen atoms in total. The summed E-state index contributed by atoms with van der Waals surface area (Å²) in [4.78, 5) is 10.1. The van der Waals surface area contributed by atoms with E-state index in [1.807, 2.05) is 71.9 Å². The molecule has 0 amide bonds. The van der Waals surface area contributed by atoms with Crippen molar-refractivity contribution < 1.29 is 45.7 Å². The molecule has 312 valence electrons. The van der Waals surface area contributed by atoms with Crippen molar-refractivity contribution in [2.45, 2.75) is 72.1 Å². The molecule has 0 aliphatic carbocycles. The molecule has 6 aromatic rings. The Hall–Kier alpha value is -5.05. The first-order valence-corrected chi connectivity index (χ1v) is 20.9. The van der Waals surface area contributed by atoms with Gasteiger partial charge in [0.05, 0.1) is 33.2 Å². The number of rotatable bonds is 12. The quantitative estimate of drug-likeness (QED) is 0.0225. The van der Waals surface area contributed by atoms with Gasteiger partial charge in [-0.3, -0.25) is 9.11 Å². The fraction of sp³-hybridized carbons (Fsp3) is 0.250. The Balaban J connectivity index is 0.00000158. The van der Waals surface area contributed by atoms with Crippen LogP contribution in [0.3, 0.4) is 0 Å². The lowest BCUT2D eigenvalue weighted by molar-refractivity contribution is -0.432. The fourth-order valence-electron chi connectivity index (χ4n) is 5.44. The number of phenolic OH excluding ortho intramolecular Hbond substituents is 1. The van der Waals surface area contributed by atoms with E-state index in [0.29, 0.717) is 46.6 Å². The molecular weight excluding hydrogens is 807 g/mol. The number of nitrogens with zero attached hydrogens (tertiary/aromatic N) is 5. The Morgan fingerprint density at radius 1 is 0.862 bits per heavy atom. The van der Waals surface area contributed by atoms with E-state index >= 15 is 0 Å². The number of benzene rings is 5. The monoisotopic (exact) mass is 855 g/mol. The lowest BCUT2D eigenvalue weighted by atomic mass is 10.1. The lowest BCUT2D eigenvalue weighted by Crippen LogP contribution is -2.15. The molecule has 0 saturated heterocycles. The Morgan fingerprint density at radius 2 is 1.52 bits per heavy atom. The summed E-state index contributed by atoms with van der Waals surface area (Å²) < 4.78 is 66.0. The molecule has 1 unspecified atom stereocenters. The number of hydrogen-bond donors (Lipinski definition) is 4. The number of aromatic hydroxyl groups is 1. The van der Waals surface area contributed by atoms with Gasteiger partial charge in [0.2, 0.25) is 0 Å². The summed E-state index contributed by atoms with van der Waals surface area (Å²) in [6.07, 6.45) is 0.477. The van der Waals surface area contributed by atoms with Gasteiger partial charge in [-0.15, -0.1) is 14.6 Å². The van der Waals surface area contributed by atoms with E-state index in [9.17, 15) is 26.8 Å². The summed E-state index contributed by atoms with van der Waals surface area (Å²) in [7, 11) is -3.17. The van der Waals surface area contributed by atoms with Crippen molar-refractivity contribution in [3.8, 4) is 11.5 Å². The summed E-state index contributed by atoms with van der Waals surface area (Å²) in [5, 5.41) is 34.3. The van der Waals surface area contributed by atoms with Crippen LogP contribution in [0.15, 0.2) is 111 Å². The molecule has 58 heavy (non-hydrogen) atoms. The summed E-state index contributed by atoms with van der Waals surface area (Å²) in [5.74, 6) is 0.186. The van der Waals surface area contributed by atoms with Crippen molar-refractivity contribution in [2.75, 3.05) is 11.9 Å². The van der Waals surface area contributed by atoms with Gasteiger partial charge in [0.1, 0.15) is 23.0 Å². The molecule has 6 rings (SSSR count). The highest BCUT2D eigenvalue weighted by Crippen LogP contribution is 2.49. The molecule has 1 atom stereocenters. The van der Waals surface area contributed by atoms with E-state index in [1.165, 1.54) is 23.1 Å². The van der Waals surface area contributed by atoms with E-state index in [1.54, 1.807) is 50.4 Å². The number of azo groups is 1. The maximum absolute atomic E-state index is 12.5. The van der Waals surface area contributed by atoms with Crippen LogP contribution < -0.4 is 9.08 Å². The van der Waals surface area contributed by atoms with Gasteiger partial charge in [0, 0.05) is 30.3 Å². The standard InChI is InChI=1S/C33H27N5O10S3.3C2H6.CH4/c1-19-34-23(14-20-8-4-3-5-9-20)17-29(35-19)38(2)27-18-24(51(43,44)45)15-22-16-28(49-48-47-40)31(32(39)30(22)27)37-36-26-13-12-21-10-6-7-11-25(21)33(26)46-50(41)42;3*1-2;/h3-13,15-18,39-40H,14H2,1-2H3,(H,41,42)(H,43,44,45);3*1-2H3;1H4. The molecule has 0 radical (unpaired) electrons. The molecule has 0 aliphatic heterocycles. The third-order valence-corrected chi connectivity index (χ3v) is 9.40. The summed E-state index contributed by atoms with van der Waals surface area (Å²) in [6.45, 7) is 13.7. The van der Waals surface area contributed by atoms with Crippen LogP contribution in [0.5, 0.6) is 11.5 Å². The zero-order valence-electron chi connectivity index (χ0n) is 32.6. The first-order valence-electron chi connectivity index (χ1n) is 17.7. The van der Waals surface area contributed by atoms with Crippen LogP contribution in [-0.4, -0.2) is 49.1 Å². The van der Waals surface area contributed by atoms with Crippen molar-refractivity contribution in [3.05, 3.63) is 108 Å². The summed E-state index contributed by atoms with van der Waals surface area (Å²) in [5.41, 5.74) is 1.56. The molecule has 0 aliphatic rings. The number of fused-ring (bicyclic) bond motifs is 2. The minimum Gasteiger partial charge on any atom is -0.505 e. The van der Waals surface area contributed by atoms with Gasteiger partial charge in [-0.05, 0) is 47.5 Å². The minimum atomic E-state index is -4.77. The van der Waals surface area contributed by atoms with E-state index < -0.39 is 32.1 Å².